The summed E-state index contributed by atoms with van der Waals surface area (Å²) in [4.78, 5) is 28.1. The van der Waals surface area contributed by atoms with E-state index in [1.165, 1.54) is 56.8 Å². The van der Waals surface area contributed by atoms with Crippen molar-refractivity contribution < 1.29 is 5.11 Å². The largest absolute Gasteiger partial charge is 0.400 e. The average molecular weight is 512 g/mol. The Balaban J connectivity index is 0.000000563. The third-order valence-electron chi connectivity index (χ3n) is 6.68. The molecule has 2 aliphatic rings. The van der Waals surface area contributed by atoms with Gasteiger partial charge in [0.2, 0.25) is 0 Å². The molecule has 0 bridgehead atoms. The highest BCUT2D eigenvalue weighted by molar-refractivity contribution is 7.21. The molecule has 0 radical (unpaired) electrons. The number of hydrogen-bond acceptors (Lipinski definition) is 6. The number of aromatic nitrogens is 4. The van der Waals surface area contributed by atoms with Crippen LogP contribution < -0.4 is 10.5 Å². The van der Waals surface area contributed by atoms with Crippen LogP contribution >= 0.6 is 11.3 Å². The van der Waals surface area contributed by atoms with Crippen molar-refractivity contribution >= 4 is 38.3 Å². The van der Waals surface area contributed by atoms with Gasteiger partial charge in [0.25, 0.3) is 5.56 Å². The summed E-state index contributed by atoms with van der Waals surface area (Å²) in [6.07, 6.45) is 12.3. The third kappa shape index (κ3) is 5.49. The summed E-state index contributed by atoms with van der Waals surface area (Å²) in [6.45, 7) is 10.0. The first-order valence-corrected chi connectivity index (χ1v) is 14.3. The van der Waals surface area contributed by atoms with E-state index in [2.05, 4.69) is 37.6 Å². The number of nitrogens with one attached hydrogen (secondary N) is 1. The number of imidazole rings is 1. The maximum atomic E-state index is 12.7. The Morgan fingerprint density at radius 1 is 0.972 bits per heavy atom. The minimum absolute atomic E-state index is 0.0490. The summed E-state index contributed by atoms with van der Waals surface area (Å²) < 4.78 is 2.36. The van der Waals surface area contributed by atoms with Gasteiger partial charge in [0.15, 0.2) is 0 Å². The van der Waals surface area contributed by atoms with E-state index < -0.39 is 0 Å². The van der Waals surface area contributed by atoms with Gasteiger partial charge in [-0.15, -0.1) is 11.3 Å². The van der Waals surface area contributed by atoms with Crippen LogP contribution in [0, 0.1) is 0 Å². The molecule has 0 unspecified atom stereocenters. The highest BCUT2D eigenvalue weighted by atomic mass is 32.1. The Morgan fingerprint density at radius 2 is 1.67 bits per heavy atom. The lowest BCUT2D eigenvalue weighted by Gasteiger charge is -2.23. The summed E-state index contributed by atoms with van der Waals surface area (Å²) in [7, 11) is 1.00. The van der Waals surface area contributed by atoms with Crippen LogP contribution in [0.4, 0.5) is 5.00 Å². The van der Waals surface area contributed by atoms with E-state index in [0.29, 0.717) is 6.04 Å². The van der Waals surface area contributed by atoms with E-state index >= 15 is 0 Å². The van der Waals surface area contributed by atoms with E-state index in [9.17, 15) is 4.79 Å². The summed E-state index contributed by atoms with van der Waals surface area (Å²) >= 11 is 1.69. The van der Waals surface area contributed by atoms with Gasteiger partial charge in [-0.2, -0.15) is 0 Å². The van der Waals surface area contributed by atoms with Crippen molar-refractivity contribution in [3.63, 3.8) is 0 Å². The zero-order valence-corrected chi connectivity index (χ0v) is 23.2. The smallest absolute Gasteiger partial charge is 0.261 e. The molecule has 7 nitrogen and oxygen atoms in total. The number of aliphatic hydroxyl groups excluding tert-OH is 1. The zero-order chi connectivity index (χ0) is 26.1. The van der Waals surface area contributed by atoms with Gasteiger partial charge in [-0.25, -0.2) is 9.97 Å². The highest BCUT2D eigenvalue weighted by Crippen LogP contribution is 2.43. The molecule has 0 atom stereocenters. The highest BCUT2D eigenvalue weighted by Gasteiger charge is 2.24. The van der Waals surface area contributed by atoms with Crippen molar-refractivity contribution in [1.29, 1.82) is 0 Å². The molecule has 1 saturated heterocycles. The standard InChI is InChI=1S/C23H25N5OS.2C2H6.CH4O/c29-22-19-20(24-13-25-22)21(30-23(19)27-10-4-5-11-27)15-8-9-18-17(12-15)26-14-28(18)16-6-2-1-3-7-16;3*1-2/h8-9,12-14,16H,1-7,10-11H2,(H,24,25,29);2*1-2H3;2H,1H3. The first-order valence-electron chi connectivity index (χ1n) is 13.5. The Labute approximate surface area is 218 Å². The predicted octanol–water partition coefficient (Wildman–Crippen LogP) is 6.77. The number of fused-ring (bicyclic) bond motifs is 2. The maximum absolute atomic E-state index is 12.7. The number of aromatic amines is 1. The van der Waals surface area contributed by atoms with E-state index in [4.69, 9.17) is 10.1 Å². The van der Waals surface area contributed by atoms with Gasteiger partial charge in [0, 0.05) is 26.2 Å². The molecule has 196 valence electrons. The Bertz CT molecular complexity index is 1280. The minimum atomic E-state index is -0.0490. The van der Waals surface area contributed by atoms with E-state index in [1.807, 2.05) is 34.0 Å². The van der Waals surface area contributed by atoms with Crippen LogP contribution in [0.5, 0.6) is 0 Å². The SMILES string of the molecule is CC.CC.CO.O=c1[nH]cnc2c(-c3ccc4c(c3)ncn4C3CCCCC3)sc(N3CCCC3)c12. The number of rotatable bonds is 3. The summed E-state index contributed by atoms with van der Waals surface area (Å²) in [5.41, 5.74) is 4.07. The molecule has 1 saturated carbocycles. The minimum Gasteiger partial charge on any atom is -0.400 e. The van der Waals surface area contributed by atoms with Crippen LogP contribution in [-0.4, -0.2) is 44.8 Å². The fourth-order valence-corrected chi connectivity index (χ4v) is 6.42. The fourth-order valence-electron chi connectivity index (χ4n) is 5.13. The Hall–Kier alpha value is -2.71. The van der Waals surface area contributed by atoms with Gasteiger partial charge in [-0.3, -0.25) is 4.79 Å². The lowest BCUT2D eigenvalue weighted by Crippen LogP contribution is -2.18. The molecular formula is C28H41N5O2S. The van der Waals surface area contributed by atoms with E-state index in [1.54, 1.807) is 11.3 Å². The van der Waals surface area contributed by atoms with Crippen molar-refractivity contribution in [3.8, 4) is 10.4 Å². The van der Waals surface area contributed by atoms with Gasteiger partial charge in [-0.1, -0.05) is 53.0 Å². The maximum Gasteiger partial charge on any atom is 0.261 e. The zero-order valence-electron chi connectivity index (χ0n) is 22.4. The quantitative estimate of drug-likeness (QED) is 0.317. The van der Waals surface area contributed by atoms with Gasteiger partial charge in [-0.05, 0) is 43.4 Å². The van der Waals surface area contributed by atoms with Crippen LogP contribution in [0.2, 0.25) is 0 Å². The molecule has 3 aromatic heterocycles. The number of benzene rings is 1. The fraction of sp³-hybridized carbons (Fsp3) is 0.536. The second-order valence-corrected chi connectivity index (χ2v) is 9.53. The molecule has 2 N–H and O–H groups in total. The molecule has 1 aliphatic heterocycles. The molecule has 1 aromatic carbocycles. The molecule has 2 fully saturated rings. The monoisotopic (exact) mass is 511 g/mol. The van der Waals surface area contributed by atoms with Crippen molar-refractivity contribution in [3.05, 3.63) is 41.2 Å². The molecule has 4 heterocycles. The third-order valence-corrected chi connectivity index (χ3v) is 7.97. The van der Waals surface area contributed by atoms with Crippen LogP contribution in [0.1, 0.15) is 78.7 Å². The number of thiophene rings is 1. The average Bonchev–Trinajstić information content (AvgIpc) is 3.71. The summed E-state index contributed by atoms with van der Waals surface area (Å²) in [5.74, 6) is 0. The van der Waals surface area contributed by atoms with E-state index in [0.717, 1.165) is 52.1 Å². The molecule has 0 spiro atoms. The number of hydrogen-bond donors (Lipinski definition) is 2. The van der Waals surface area contributed by atoms with Crippen molar-refractivity contribution in [2.75, 3.05) is 25.1 Å². The Kier molecular flexibility index (Phi) is 10.5. The lowest BCUT2D eigenvalue weighted by atomic mass is 9.95. The number of anilines is 1. The Morgan fingerprint density at radius 3 is 2.36 bits per heavy atom. The van der Waals surface area contributed by atoms with Gasteiger partial charge < -0.3 is 19.6 Å². The molecule has 36 heavy (non-hydrogen) atoms. The summed E-state index contributed by atoms with van der Waals surface area (Å²) in [6, 6.07) is 7.10. The second kappa shape index (κ2) is 13.6. The molecule has 0 amide bonds. The molecule has 8 heteroatoms. The molecule has 4 aromatic rings. The van der Waals surface area contributed by atoms with Crippen LogP contribution in [0.15, 0.2) is 35.6 Å². The van der Waals surface area contributed by atoms with Crippen LogP contribution in [0.25, 0.3) is 32.4 Å². The van der Waals surface area contributed by atoms with Crippen molar-refractivity contribution in [1.82, 2.24) is 19.5 Å². The second-order valence-electron chi connectivity index (χ2n) is 8.53. The number of nitrogens with zero attached hydrogens (tertiary/aromatic N) is 4. The van der Waals surface area contributed by atoms with Crippen LogP contribution in [-0.2, 0) is 0 Å². The van der Waals surface area contributed by atoms with Crippen LogP contribution in [0.3, 0.4) is 0 Å². The van der Waals surface area contributed by atoms with Crippen molar-refractivity contribution in [2.24, 2.45) is 0 Å². The van der Waals surface area contributed by atoms with E-state index in [-0.39, 0.29) is 5.56 Å². The van der Waals surface area contributed by atoms with Gasteiger partial charge in [0.05, 0.1) is 34.1 Å². The van der Waals surface area contributed by atoms with Gasteiger partial charge >= 0.3 is 0 Å². The number of H-pyrrole nitrogens is 1. The predicted molar refractivity (Wildman–Crippen MR) is 153 cm³/mol. The molecule has 1 aliphatic carbocycles. The normalized spacial score (nSPS) is 15.6. The van der Waals surface area contributed by atoms with Crippen molar-refractivity contribution in [2.45, 2.75) is 78.7 Å². The first-order chi connectivity index (χ1) is 17.8. The molecule has 6 rings (SSSR count). The van der Waals surface area contributed by atoms with Gasteiger partial charge in [0.1, 0.15) is 10.4 Å². The lowest BCUT2D eigenvalue weighted by molar-refractivity contribution is 0.359. The number of aliphatic hydroxyl groups is 1. The topological polar surface area (TPSA) is 87.0 Å². The summed E-state index contributed by atoms with van der Waals surface area (Å²) in [5, 5.41) is 8.78. The first kappa shape index (κ1) is 27.9. The molecular weight excluding hydrogens is 470 g/mol.